The number of aliphatic hydroxyl groups is 1. The van der Waals surface area contributed by atoms with Crippen LogP contribution in [0.15, 0.2) is 24.3 Å². The van der Waals surface area contributed by atoms with Crippen molar-refractivity contribution in [2.75, 3.05) is 20.1 Å². The number of ketones is 1. The third kappa shape index (κ3) is 5.38. The predicted octanol–water partition coefficient (Wildman–Crippen LogP) is 2.10. The third-order valence-corrected chi connectivity index (χ3v) is 2.82. The summed E-state index contributed by atoms with van der Waals surface area (Å²) in [5, 5.41) is 9.15. The number of rotatable bonds is 7. The van der Waals surface area contributed by atoms with E-state index in [2.05, 4.69) is 0 Å². The van der Waals surface area contributed by atoms with Crippen molar-refractivity contribution in [1.82, 2.24) is 4.90 Å². The maximum Gasteiger partial charge on any atom is 0.164 e. The summed E-state index contributed by atoms with van der Waals surface area (Å²) in [7, 11) is 1.92. The quantitative estimate of drug-likeness (QED) is 0.757. The van der Waals surface area contributed by atoms with Gasteiger partial charge >= 0.3 is 0 Å². The second kappa shape index (κ2) is 7.24. The SMILES string of the molecule is CC(O)CCN(C)CCC(=O)c1ccc(F)cc1. The Kier molecular flexibility index (Phi) is 5.95. The van der Waals surface area contributed by atoms with Crippen molar-refractivity contribution in [3.8, 4) is 0 Å². The number of carbonyl (C=O) groups is 1. The van der Waals surface area contributed by atoms with Gasteiger partial charge in [-0.2, -0.15) is 0 Å². The molecule has 0 aliphatic heterocycles. The summed E-state index contributed by atoms with van der Waals surface area (Å²) in [5.41, 5.74) is 0.542. The van der Waals surface area contributed by atoms with Crippen LogP contribution in [0, 0.1) is 5.82 Å². The molecule has 4 heteroatoms. The Labute approximate surface area is 107 Å². The summed E-state index contributed by atoms with van der Waals surface area (Å²) in [5.74, 6) is -0.320. The number of carbonyl (C=O) groups excluding carboxylic acids is 1. The summed E-state index contributed by atoms with van der Waals surface area (Å²) in [6.07, 6.45) is 0.781. The minimum atomic E-state index is -0.333. The molecule has 0 aromatic heterocycles. The van der Waals surface area contributed by atoms with Crippen molar-refractivity contribution in [3.63, 3.8) is 0 Å². The molecule has 1 unspecified atom stereocenters. The Bertz CT molecular complexity index is 376. The molecule has 0 aliphatic rings. The zero-order chi connectivity index (χ0) is 13.5. The first-order chi connectivity index (χ1) is 8.49. The van der Waals surface area contributed by atoms with Crippen molar-refractivity contribution in [2.45, 2.75) is 25.9 Å². The van der Waals surface area contributed by atoms with Crippen molar-refractivity contribution in [2.24, 2.45) is 0 Å². The van der Waals surface area contributed by atoms with Gasteiger partial charge in [0.05, 0.1) is 6.10 Å². The van der Waals surface area contributed by atoms with Crippen LogP contribution in [0.2, 0.25) is 0 Å². The van der Waals surface area contributed by atoms with Crippen molar-refractivity contribution in [1.29, 1.82) is 0 Å². The highest BCUT2D eigenvalue weighted by Crippen LogP contribution is 2.06. The predicted molar refractivity (Wildman–Crippen MR) is 69.1 cm³/mol. The molecule has 0 amide bonds. The number of Topliss-reactive ketones (excluding diaryl/α,β-unsaturated/α-hetero) is 1. The molecule has 0 spiro atoms. The van der Waals surface area contributed by atoms with Crippen LogP contribution < -0.4 is 0 Å². The first kappa shape index (κ1) is 14.8. The van der Waals surface area contributed by atoms with E-state index in [0.717, 1.165) is 6.54 Å². The van der Waals surface area contributed by atoms with E-state index in [1.807, 2.05) is 11.9 Å². The number of aliphatic hydroxyl groups excluding tert-OH is 1. The lowest BCUT2D eigenvalue weighted by atomic mass is 10.1. The average molecular weight is 253 g/mol. The average Bonchev–Trinajstić information content (AvgIpc) is 2.34. The molecule has 3 nitrogen and oxygen atoms in total. The van der Waals surface area contributed by atoms with E-state index in [0.29, 0.717) is 24.9 Å². The molecular weight excluding hydrogens is 233 g/mol. The topological polar surface area (TPSA) is 40.5 Å². The van der Waals surface area contributed by atoms with Crippen LogP contribution in [0.4, 0.5) is 4.39 Å². The summed E-state index contributed by atoms with van der Waals surface area (Å²) in [6, 6.07) is 5.61. The van der Waals surface area contributed by atoms with E-state index in [4.69, 9.17) is 5.11 Å². The van der Waals surface area contributed by atoms with Gasteiger partial charge in [0.25, 0.3) is 0 Å². The fourth-order valence-electron chi connectivity index (χ4n) is 1.59. The summed E-state index contributed by atoms with van der Waals surface area (Å²) < 4.78 is 12.7. The van der Waals surface area contributed by atoms with Gasteiger partial charge in [0.15, 0.2) is 5.78 Å². The van der Waals surface area contributed by atoms with Crippen molar-refractivity contribution in [3.05, 3.63) is 35.6 Å². The Balaban J connectivity index is 2.34. The standard InChI is InChI=1S/C14H20FNO2/c1-11(17)7-9-16(2)10-8-14(18)12-3-5-13(15)6-4-12/h3-6,11,17H,7-10H2,1-2H3. The monoisotopic (exact) mass is 253 g/mol. The zero-order valence-corrected chi connectivity index (χ0v) is 10.9. The molecule has 0 bridgehead atoms. The van der Waals surface area contributed by atoms with E-state index >= 15 is 0 Å². The molecule has 1 rings (SSSR count). The van der Waals surface area contributed by atoms with Crippen LogP contribution in [0.25, 0.3) is 0 Å². The Hall–Kier alpha value is -1.26. The summed E-state index contributed by atoms with van der Waals surface area (Å²) in [4.78, 5) is 13.8. The minimum absolute atomic E-state index is 0.0129. The van der Waals surface area contributed by atoms with Gasteiger partial charge in [0, 0.05) is 25.1 Å². The first-order valence-electron chi connectivity index (χ1n) is 6.14. The van der Waals surface area contributed by atoms with E-state index < -0.39 is 0 Å². The van der Waals surface area contributed by atoms with Crippen LogP contribution in [-0.2, 0) is 0 Å². The molecule has 1 atom stereocenters. The van der Waals surface area contributed by atoms with Gasteiger partial charge in [-0.25, -0.2) is 4.39 Å². The second-order valence-electron chi connectivity index (χ2n) is 4.62. The highest BCUT2D eigenvalue weighted by atomic mass is 19.1. The van der Waals surface area contributed by atoms with E-state index in [1.54, 1.807) is 6.92 Å². The van der Waals surface area contributed by atoms with Crippen molar-refractivity contribution >= 4 is 5.78 Å². The van der Waals surface area contributed by atoms with Gasteiger partial charge in [-0.3, -0.25) is 4.79 Å². The van der Waals surface area contributed by atoms with Crippen LogP contribution >= 0.6 is 0 Å². The van der Waals surface area contributed by atoms with Crippen molar-refractivity contribution < 1.29 is 14.3 Å². The molecule has 0 heterocycles. The van der Waals surface area contributed by atoms with Crippen LogP contribution in [-0.4, -0.2) is 42.0 Å². The number of nitrogens with zero attached hydrogens (tertiary/aromatic N) is 1. The second-order valence-corrected chi connectivity index (χ2v) is 4.62. The van der Waals surface area contributed by atoms with E-state index in [9.17, 15) is 9.18 Å². The number of hydrogen-bond donors (Lipinski definition) is 1. The molecule has 1 aromatic carbocycles. The maximum atomic E-state index is 12.7. The molecular formula is C14H20FNO2. The van der Waals surface area contributed by atoms with Crippen LogP contribution in [0.5, 0.6) is 0 Å². The molecule has 18 heavy (non-hydrogen) atoms. The Morgan fingerprint density at radius 1 is 1.33 bits per heavy atom. The lowest BCUT2D eigenvalue weighted by Crippen LogP contribution is -2.25. The Morgan fingerprint density at radius 3 is 2.50 bits per heavy atom. The van der Waals surface area contributed by atoms with Gasteiger partial charge in [-0.05, 0) is 44.7 Å². The molecule has 1 aromatic rings. The van der Waals surface area contributed by atoms with Gasteiger partial charge < -0.3 is 10.0 Å². The molecule has 100 valence electrons. The highest BCUT2D eigenvalue weighted by Gasteiger charge is 2.08. The van der Waals surface area contributed by atoms with Gasteiger partial charge in [0.1, 0.15) is 5.82 Å². The molecule has 0 saturated carbocycles. The van der Waals surface area contributed by atoms with E-state index in [-0.39, 0.29) is 17.7 Å². The first-order valence-corrected chi connectivity index (χ1v) is 6.14. The van der Waals surface area contributed by atoms with Gasteiger partial charge in [0.2, 0.25) is 0 Å². The molecule has 0 radical (unpaired) electrons. The molecule has 0 aliphatic carbocycles. The van der Waals surface area contributed by atoms with Crippen LogP contribution in [0.1, 0.15) is 30.1 Å². The molecule has 1 N–H and O–H groups in total. The van der Waals surface area contributed by atoms with E-state index in [1.165, 1.54) is 24.3 Å². The largest absolute Gasteiger partial charge is 0.393 e. The number of halogens is 1. The lowest BCUT2D eigenvalue weighted by Gasteiger charge is -2.16. The third-order valence-electron chi connectivity index (χ3n) is 2.82. The highest BCUT2D eigenvalue weighted by molar-refractivity contribution is 5.96. The summed E-state index contributed by atoms with van der Waals surface area (Å²) in [6.45, 7) is 3.15. The fraction of sp³-hybridized carbons (Fsp3) is 0.500. The number of hydrogen-bond acceptors (Lipinski definition) is 3. The number of benzene rings is 1. The maximum absolute atomic E-state index is 12.7. The van der Waals surface area contributed by atoms with Gasteiger partial charge in [-0.15, -0.1) is 0 Å². The molecule has 0 fully saturated rings. The van der Waals surface area contributed by atoms with Crippen LogP contribution in [0.3, 0.4) is 0 Å². The smallest absolute Gasteiger partial charge is 0.164 e. The Morgan fingerprint density at radius 2 is 1.94 bits per heavy atom. The minimum Gasteiger partial charge on any atom is -0.393 e. The molecule has 0 saturated heterocycles. The van der Waals surface area contributed by atoms with Gasteiger partial charge in [-0.1, -0.05) is 0 Å². The normalized spacial score (nSPS) is 12.7. The zero-order valence-electron chi connectivity index (χ0n) is 10.9. The summed E-state index contributed by atoms with van der Waals surface area (Å²) >= 11 is 0. The lowest BCUT2D eigenvalue weighted by molar-refractivity contribution is 0.0965. The fourth-order valence-corrected chi connectivity index (χ4v) is 1.59.